The summed E-state index contributed by atoms with van der Waals surface area (Å²) in [5, 5.41) is 27.4. The lowest BCUT2D eigenvalue weighted by Gasteiger charge is -2.33. The van der Waals surface area contributed by atoms with Gasteiger partial charge in [-0.1, -0.05) is 58.3 Å². The Hall–Kier alpha value is -0.690. The summed E-state index contributed by atoms with van der Waals surface area (Å²) >= 11 is 0. The van der Waals surface area contributed by atoms with Crippen LogP contribution < -0.4 is 0 Å². The zero-order valence-electron chi connectivity index (χ0n) is 15.4. The minimum atomic E-state index is -0.326. The van der Waals surface area contributed by atoms with Crippen molar-refractivity contribution in [3.05, 3.63) is 0 Å². The van der Waals surface area contributed by atoms with Crippen LogP contribution in [0.2, 0.25) is 0 Å². The minimum absolute atomic E-state index is 0.161. The van der Waals surface area contributed by atoms with Gasteiger partial charge in [0.05, 0.1) is 26.2 Å². The van der Waals surface area contributed by atoms with Gasteiger partial charge in [-0.2, -0.15) is 0 Å². The van der Waals surface area contributed by atoms with Crippen LogP contribution in [-0.4, -0.2) is 65.4 Å². The molecule has 0 unspecified atom stereocenters. The number of nitrogens with zero attached hydrogens (tertiary/aromatic N) is 1. The van der Waals surface area contributed by atoms with Gasteiger partial charge in [0.2, 0.25) is 0 Å². The molecule has 0 saturated heterocycles. The van der Waals surface area contributed by atoms with Gasteiger partial charge in [-0.3, -0.25) is 4.84 Å². The van der Waals surface area contributed by atoms with Crippen LogP contribution in [0.5, 0.6) is 0 Å². The van der Waals surface area contributed by atoms with E-state index in [9.17, 15) is 4.79 Å². The van der Waals surface area contributed by atoms with Crippen molar-refractivity contribution in [2.75, 3.05) is 39.5 Å². The highest BCUT2D eigenvalue weighted by molar-refractivity contribution is 5.68. The van der Waals surface area contributed by atoms with Crippen molar-refractivity contribution in [1.29, 1.82) is 0 Å². The Morgan fingerprint density at radius 3 is 1.58 bits per heavy atom. The minimum Gasteiger partial charge on any atom is -0.390 e. The van der Waals surface area contributed by atoms with Gasteiger partial charge in [0.25, 0.3) is 0 Å². The number of carbonyl (C=O) groups is 1. The maximum Gasteiger partial charge on any atom is 0.366 e. The first-order valence-electron chi connectivity index (χ1n) is 9.55. The Balaban J connectivity index is 3.91. The van der Waals surface area contributed by atoms with Gasteiger partial charge in [0.15, 0.2) is 0 Å². The molecule has 0 radical (unpaired) electrons. The molecule has 6 heteroatoms. The van der Waals surface area contributed by atoms with E-state index >= 15 is 0 Å². The first kappa shape index (κ1) is 23.3. The molecular formula is C18H38NO5+. The quantitative estimate of drug-likeness (QED) is 0.213. The van der Waals surface area contributed by atoms with Crippen molar-refractivity contribution in [2.45, 2.75) is 71.1 Å². The number of rotatable bonds is 17. The van der Waals surface area contributed by atoms with Crippen molar-refractivity contribution in [2.24, 2.45) is 0 Å². The highest BCUT2D eigenvalue weighted by atomic mass is 16.7. The molecule has 0 aliphatic heterocycles. The molecule has 6 nitrogen and oxygen atoms in total. The molecule has 0 spiro atoms. The van der Waals surface area contributed by atoms with Crippen LogP contribution in [-0.2, 0) is 9.63 Å². The van der Waals surface area contributed by atoms with Crippen molar-refractivity contribution < 1.29 is 29.6 Å². The number of hydroxylamine groups is 3. The summed E-state index contributed by atoms with van der Waals surface area (Å²) in [5.74, 6) is -0.326. The Kier molecular flexibility index (Phi) is 15.4. The summed E-state index contributed by atoms with van der Waals surface area (Å²) in [5.41, 5.74) is 0. The predicted molar refractivity (Wildman–Crippen MR) is 94.1 cm³/mol. The summed E-state index contributed by atoms with van der Waals surface area (Å²) in [6.45, 7) is 2.29. The van der Waals surface area contributed by atoms with E-state index in [1.54, 1.807) is 0 Å². The summed E-state index contributed by atoms with van der Waals surface area (Å²) in [4.78, 5) is 17.5. The highest BCUT2D eigenvalue weighted by Gasteiger charge is 2.31. The van der Waals surface area contributed by atoms with Crippen molar-refractivity contribution in [3.63, 3.8) is 0 Å². The first-order chi connectivity index (χ1) is 11.6. The molecule has 0 amide bonds. The van der Waals surface area contributed by atoms with Crippen LogP contribution in [0.25, 0.3) is 0 Å². The smallest absolute Gasteiger partial charge is 0.366 e. The van der Waals surface area contributed by atoms with Gasteiger partial charge in [-0.25, -0.2) is 4.79 Å². The maximum atomic E-state index is 12.0. The van der Waals surface area contributed by atoms with Crippen LogP contribution in [0.1, 0.15) is 71.1 Å². The molecule has 0 bridgehead atoms. The van der Waals surface area contributed by atoms with E-state index in [0.29, 0.717) is 6.42 Å². The molecule has 0 saturated carbocycles. The summed E-state index contributed by atoms with van der Waals surface area (Å²) in [6, 6.07) is 0. The van der Waals surface area contributed by atoms with Gasteiger partial charge in [0.1, 0.15) is 19.6 Å². The number of aliphatic hydroxyl groups is 3. The van der Waals surface area contributed by atoms with Gasteiger partial charge >= 0.3 is 5.97 Å². The highest BCUT2D eigenvalue weighted by Crippen LogP contribution is 2.13. The lowest BCUT2D eigenvalue weighted by Crippen LogP contribution is -2.54. The van der Waals surface area contributed by atoms with E-state index in [1.807, 2.05) is 0 Å². The molecule has 0 aromatic carbocycles. The standard InChI is InChI=1S/C18H38NO5/c1-2-3-4-5-6-7-8-9-10-11-18(23)24-19(12-15-20,13-16-21)14-17-22/h20-22H,2-17H2,1H3/q+1. The zero-order valence-corrected chi connectivity index (χ0v) is 15.4. The predicted octanol–water partition coefficient (Wildman–Crippen LogP) is 2.16. The van der Waals surface area contributed by atoms with Gasteiger partial charge in [-0.05, 0) is 6.42 Å². The third kappa shape index (κ3) is 11.8. The van der Waals surface area contributed by atoms with Gasteiger partial charge < -0.3 is 15.3 Å². The van der Waals surface area contributed by atoms with E-state index in [1.165, 1.54) is 38.5 Å². The van der Waals surface area contributed by atoms with E-state index < -0.39 is 0 Å². The Bertz CT molecular complexity index is 282. The molecule has 0 rings (SSSR count). The lowest BCUT2D eigenvalue weighted by molar-refractivity contribution is -1.09. The SMILES string of the molecule is CCCCCCCCCCCC(=O)O[N+](CCO)(CCO)CCO. The number of hydrogen-bond donors (Lipinski definition) is 3. The normalized spacial score (nSPS) is 11.7. The molecule has 0 fully saturated rings. The number of unbranched alkanes of at least 4 members (excludes halogenated alkanes) is 8. The summed E-state index contributed by atoms with van der Waals surface area (Å²) in [7, 11) is 0. The van der Waals surface area contributed by atoms with Crippen LogP contribution in [0.15, 0.2) is 0 Å². The van der Waals surface area contributed by atoms with Crippen molar-refractivity contribution >= 4 is 5.97 Å². The third-order valence-electron chi connectivity index (χ3n) is 4.30. The van der Waals surface area contributed by atoms with Crippen LogP contribution in [0, 0.1) is 0 Å². The molecule has 144 valence electrons. The average Bonchev–Trinajstić information content (AvgIpc) is 2.54. The van der Waals surface area contributed by atoms with E-state index in [2.05, 4.69) is 6.92 Å². The van der Waals surface area contributed by atoms with Crippen LogP contribution in [0.3, 0.4) is 0 Å². The fraction of sp³-hybridized carbons (Fsp3) is 0.944. The largest absolute Gasteiger partial charge is 0.390 e. The fourth-order valence-electron chi connectivity index (χ4n) is 2.86. The van der Waals surface area contributed by atoms with E-state index in [0.717, 1.165) is 19.3 Å². The molecule has 0 atom stereocenters. The number of carbonyl (C=O) groups excluding carboxylic acids is 1. The van der Waals surface area contributed by atoms with Crippen LogP contribution >= 0.6 is 0 Å². The molecule has 3 N–H and O–H groups in total. The molecule has 0 aliphatic rings. The number of hydrogen-bond acceptors (Lipinski definition) is 5. The molecule has 24 heavy (non-hydrogen) atoms. The Labute approximate surface area is 147 Å². The maximum absolute atomic E-state index is 12.0. The van der Waals surface area contributed by atoms with Gasteiger partial charge in [-0.15, -0.1) is 4.65 Å². The molecule has 0 heterocycles. The number of aliphatic hydroxyl groups excluding tert-OH is 3. The lowest BCUT2D eigenvalue weighted by atomic mass is 10.1. The second-order valence-electron chi connectivity index (χ2n) is 6.44. The number of quaternary nitrogens is 1. The fourth-order valence-corrected chi connectivity index (χ4v) is 2.86. The summed E-state index contributed by atoms with van der Waals surface area (Å²) < 4.78 is -0.209. The Morgan fingerprint density at radius 1 is 0.750 bits per heavy atom. The second-order valence-corrected chi connectivity index (χ2v) is 6.44. The monoisotopic (exact) mass is 348 g/mol. The van der Waals surface area contributed by atoms with E-state index in [-0.39, 0.29) is 50.1 Å². The zero-order chi connectivity index (χ0) is 18.1. The molecule has 0 aliphatic carbocycles. The molecule has 0 aromatic heterocycles. The van der Waals surface area contributed by atoms with E-state index in [4.69, 9.17) is 20.2 Å². The van der Waals surface area contributed by atoms with Crippen molar-refractivity contribution in [1.82, 2.24) is 0 Å². The molecular weight excluding hydrogens is 310 g/mol. The third-order valence-corrected chi connectivity index (χ3v) is 4.30. The molecule has 0 aromatic rings. The average molecular weight is 349 g/mol. The Morgan fingerprint density at radius 2 is 1.17 bits per heavy atom. The summed E-state index contributed by atoms with van der Waals surface area (Å²) in [6.07, 6.45) is 11.0. The first-order valence-corrected chi connectivity index (χ1v) is 9.55. The topological polar surface area (TPSA) is 87.0 Å². The van der Waals surface area contributed by atoms with Gasteiger partial charge in [0, 0.05) is 0 Å². The van der Waals surface area contributed by atoms with Crippen LogP contribution in [0.4, 0.5) is 0 Å². The second kappa shape index (κ2) is 15.8. The van der Waals surface area contributed by atoms with Crippen molar-refractivity contribution in [3.8, 4) is 0 Å².